The summed E-state index contributed by atoms with van der Waals surface area (Å²) in [5.41, 5.74) is 20.0. The summed E-state index contributed by atoms with van der Waals surface area (Å²) < 4.78 is 6.90. The van der Waals surface area contributed by atoms with E-state index in [1.165, 1.54) is 61.2 Å². The first kappa shape index (κ1) is 34.6. The summed E-state index contributed by atoms with van der Waals surface area (Å²) >= 11 is 0. The summed E-state index contributed by atoms with van der Waals surface area (Å²) in [7, 11) is 0. The van der Waals surface area contributed by atoms with Crippen LogP contribution in [0.5, 0.6) is 11.5 Å². The van der Waals surface area contributed by atoms with E-state index < -0.39 is 5.41 Å². The van der Waals surface area contributed by atoms with Gasteiger partial charge in [-0.2, -0.15) is 0 Å². The van der Waals surface area contributed by atoms with Gasteiger partial charge in [0.05, 0.1) is 5.41 Å². The standard InChI is InChI=1S/C58H41NO/c1-57(2)49-21-11-9-19-45(49)47-32-30-43(36-53(47)57)59(42-28-25-40(26-29-42)38-15-5-3-6-16-38)44-31-33-48-46-20-10-12-22-50(46)58(54(48)37-44)51-23-13-14-24-55(51)60-56-35-41(27-34-52(56)58)39-17-7-4-8-18-39/h3-37H,1-2H3. The molecule has 1 aliphatic heterocycles. The summed E-state index contributed by atoms with van der Waals surface area (Å²) in [5, 5.41) is 0. The number of rotatable bonds is 5. The minimum Gasteiger partial charge on any atom is -0.457 e. The lowest BCUT2D eigenvalue weighted by Gasteiger charge is -2.40. The van der Waals surface area contributed by atoms with Crippen LogP contribution in [0.15, 0.2) is 212 Å². The Balaban J connectivity index is 1.09. The van der Waals surface area contributed by atoms with Gasteiger partial charge in [0.15, 0.2) is 0 Å². The second-order valence-corrected chi connectivity index (χ2v) is 16.8. The van der Waals surface area contributed by atoms with Crippen molar-refractivity contribution >= 4 is 17.1 Å². The monoisotopic (exact) mass is 767 g/mol. The van der Waals surface area contributed by atoms with E-state index in [0.29, 0.717) is 0 Å². The lowest BCUT2D eigenvalue weighted by Crippen LogP contribution is -2.32. The highest BCUT2D eigenvalue weighted by Gasteiger charge is 2.51. The normalized spacial score (nSPS) is 15.8. The molecule has 0 fully saturated rings. The van der Waals surface area contributed by atoms with E-state index in [4.69, 9.17) is 4.74 Å². The number of ether oxygens (including phenoxy) is 1. The number of hydrogen-bond donors (Lipinski definition) is 0. The second kappa shape index (κ2) is 13.0. The molecule has 0 radical (unpaired) electrons. The topological polar surface area (TPSA) is 12.5 Å². The van der Waals surface area contributed by atoms with Crippen molar-refractivity contribution < 1.29 is 4.74 Å². The number of nitrogens with zero attached hydrogens (tertiary/aromatic N) is 1. The van der Waals surface area contributed by atoms with Crippen LogP contribution in [-0.2, 0) is 10.8 Å². The van der Waals surface area contributed by atoms with Crippen molar-refractivity contribution in [1.29, 1.82) is 0 Å². The summed E-state index contributed by atoms with van der Waals surface area (Å²) in [6.45, 7) is 4.72. The van der Waals surface area contributed by atoms with E-state index in [1.807, 2.05) is 0 Å². The highest BCUT2D eigenvalue weighted by Crippen LogP contribution is 2.63. The van der Waals surface area contributed by atoms with E-state index in [0.717, 1.165) is 45.3 Å². The van der Waals surface area contributed by atoms with Gasteiger partial charge in [-0.25, -0.2) is 0 Å². The third kappa shape index (κ3) is 4.94. The molecule has 2 nitrogen and oxygen atoms in total. The van der Waals surface area contributed by atoms with Gasteiger partial charge < -0.3 is 9.64 Å². The van der Waals surface area contributed by atoms with E-state index in [2.05, 4.69) is 231 Å². The molecule has 60 heavy (non-hydrogen) atoms. The Bertz CT molecular complexity index is 3150. The van der Waals surface area contributed by atoms with Gasteiger partial charge in [-0.05, 0) is 115 Å². The molecule has 3 aliphatic rings. The first-order chi connectivity index (χ1) is 29.5. The quantitative estimate of drug-likeness (QED) is 0.173. The molecule has 0 N–H and O–H groups in total. The summed E-state index contributed by atoms with van der Waals surface area (Å²) in [5.74, 6) is 1.77. The number of hydrogen-bond acceptors (Lipinski definition) is 2. The van der Waals surface area contributed by atoms with Gasteiger partial charge in [0.2, 0.25) is 0 Å². The van der Waals surface area contributed by atoms with Crippen LogP contribution in [0.3, 0.4) is 0 Å². The third-order valence-corrected chi connectivity index (χ3v) is 13.3. The van der Waals surface area contributed by atoms with Crippen LogP contribution in [0.25, 0.3) is 44.5 Å². The molecule has 0 aromatic heterocycles. The molecule has 0 amide bonds. The largest absolute Gasteiger partial charge is 0.457 e. The molecular formula is C58H41NO. The van der Waals surface area contributed by atoms with E-state index in [-0.39, 0.29) is 5.41 Å². The van der Waals surface area contributed by atoms with Crippen LogP contribution in [0.4, 0.5) is 17.1 Å². The van der Waals surface area contributed by atoms with E-state index in [1.54, 1.807) is 0 Å². The number of anilines is 3. The SMILES string of the molecule is CC1(C)c2ccccc2-c2ccc(N(c3ccc(-c4ccccc4)cc3)c3ccc4c(c3)C3(c5ccccc5Oc5cc(-c6ccccc6)ccc53)c3ccccc3-4)cc21. The fourth-order valence-corrected chi connectivity index (χ4v) is 10.6. The third-order valence-electron chi connectivity index (χ3n) is 13.3. The molecule has 12 rings (SSSR count). The average Bonchev–Trinajstić information content (AvgIpc) is 3.72. The maximum Gasteiger partial charge on any atom is 0.132 e. The summed E-state index contributed by atoms with van der Waals surface area (Å²) in [4.78, 5) is 2.45. The Kier molecular flexibility index (Phi) is 7.52. The highest BCUT2D eigenvalue weighted by atomic mass is 16.5. The van der Waals surface area contributed by atoms with Crippen molar-refractivity contribution in [2.75, 3.05) is 4.90 Å². The zero-order valence-corrected chi connectivity index (χ0v) is 33.6. The molecule has 0 saturated carbocycles. The predicted octanol–water partition coefficient (Wildman–Crippen LogP) is 15.3. The van der Waals surface area contributed by atoms with Crippen molar-refractivity contribution in [1.82, 2.24) is 0 Å². The zero-order valence-electron chi connectivity index (χ0n) is 33.6. The molecule has 1 atom stereocenters. The van der Waals surface area contributed by atoms with Crippen LogP contribution in [0.1, 0.15) is 47.2 Å². The minimum absolute atomic E-state index is 0.136. The van der Waals surface area contributed by atoms with E-state index in [9.17, 15) is 0 Å². The van der Waals surface area contributed by atoms with Gasteiger partial charge in [0.25, 0.3) is 0 Å². The maximum absolute atomic E-state index is 6.90. The van der Waals surface area contributed by atoms with Crippen molar-refractivity contribution in [3.8, 4) is 56.0 Å². The number of fused-ring (bicyclic) bond motifs is 12. The van der Waals surface area contributed by atoms with Crippen molar-refractivity contribution in [3.63, 3.8) is 0 Å². The Morgan fingerprint density at radius 3 is 1.48 bits per heavy atom. The van der Waals surface area contributed by atoms with Gasteiger partial charge in [0, 0.05) is 33.6 Å². The molecule has 0 bridgehead atoms. The van der Waals surface area contributed by atoms with Gasteiger partial charge >= 0.3 is 0 Å². The van der Waals surface area contributed by atoms with Crippen LogP contribution >= 0.6 is 0 Å². The van der Waals surface area contributed by atoms with Crippen molar-refractivity contribution in [2.45, 2.75) is 24.7 Å². The van der Waals surface area contributed by atoms with Gasteiger partial charge in [-0.15, -0.1) is 0 Å². The molecule has 2 heteroatoms. The first-order valence-electron chi connectivity index (χ1n) is 20.9. The Morgan fingerprint density at radius 2 is 0.783 bits per heavy atom. The first-order valence-corrected chi connectivity index (χ1v) is 20.9. The molecular weight excluding hydrogens is 727 g/mol. The van der Waals surface area contributed by atoms with Crippen molar-refractivity contribution in [3.05, 3.63) is 246 Å². The number of para-hydroxylation sites is 1. The molecule has 1 spiro atoms. The minimum atomic E-state index is -0.605. The molecule has 0 saturated heterocycles. The smallest absolute Gasteiger partial charge is 0.132 e. The fourth-order valence-electron chi connectivity index (χ4n) is 10.6. The van der Waals surface area contributed by atoms with Crippen LogP contribution in [0.2, 0.25) is 0 Å². The predicted molar refractivity (Wildman–Crippen MR) is 247 cm³/mol. The molecule has 9 aromatic rings. The van der Waals surface area contributed by atoms with Gasteiger partial charge in [0.1, 0.15) is 11.5 Å². The molecule has 9 aromatic carbocycles. The van der Waals surface area contributed by atoms with Crippen LogP contribution in [0, 0.1) is 0 Å². The average molecular weight is 768 g/mol. The molecule has 284 valence electrons. The molecule has 2 aliphatic carbocycles. The molecule has 1 unspecified atom stereocenters. The zero-order chi connectivity index (χ0) is 40.0. The van der Waals surface area contributed by atoms with E-state index >= 15 is 0 Å². The summed E-state index contributed by atoms with van der Waals surface area (Å²) in [6, 6.07) is 77.8. The summed E-state index contributed by atoms with van der Waals surface area (Å²) in [6.07, 6.45) is 0. The Labute approximate surface area is 351 Å². The number of benzene rings is 9. The second-order valence-electron chi connectivity index (χ2n) is 16.8. The highest BCUT2D eigenvalue weighted by molar-refractivity contribution is 5.92. The van der Waals surface area contributed by atoms with Crippen LogP contribution < -0.4 is 9.64 Å². The van der Waals surface area contributed by atoms with Gasteiger partial charge in [-0.3, -0.25) is 0 Å². The Hall–Kier alpha value is -7.42. The lowest BCUT2D eigenvalue weighted by atomic mass is 9.66. The molecule has 1 heterocycles. The lowest BCUT2D eigenvalue weighted by molar-refractivity contribution is 0.436. The van der Waals surface area contributed by atoms with Gasteiger partial charge in [-0.1, -0.05) is 178 Å². The maximum atomic E-state index is 6.90. The van der Waals surface area contributed by atoms with Crippen LogP contribution in [-0.4, -0.2) is 0 Å². The Morgan fingerprint density at radius 1 is 0.317 bits per heavy atom. The van der Waals surface area contributed by atoms with Crippen molar-refractivity contribution in [2.24, 2.45) is 0 Å². The fraction of sp³-hybridized carbons (Fsp3) is 0.0690.